The van der Waals surface area contributed by atoms with E-state index >= 15 is 0 Å². The predicted octanol–water partition coefficient (Wildman–Crippen LogP) is 1.69. The van der Waals surface area contributed by atoms with Gasteiger partial charge >= 0.3 is 11.9 Å². The summed E-state index contributed by atoms with van der Waals surface area (Å²) in [6.07, 6.45) is 0. The van der Waals surface area contributed by atoms with Crippen molar-refractivity contribution in [2.45, 2.75) is 26.4 Å². The Morgan fingerprint density at radius 2 is 1.89 bits per heavy atom. The van der Waals surface area contributed by atoms with Crippen LogP contribution in [0.1, 0.15) is 29.8 Å². The smallest absolute Gasteiger partial charge is 0.349 e. The van der Waals surface area contributed by atoms with Crippen LogP contribution in [0.5, 0.6) is 0 Å². The molecule has 0 heterocycles. The van der Waals surface area contributed by atoms with E-state index in [-0.39, 0.29) is 5.56 Å². The maximum Gasteiger partial charge on any atom is 0.349 e. The largest absolute Gasteiger partial charge is 0.466 e. The average Bonchev–Trinajstić information content (AvgIpc) is 2.30. The Kier molecular flexibility index (Phi) is 3.96. The number of ether oxygens (including phenoxy) is 2. The first-order valence-corrected chi connectivity index (χ1v) is 5.46. The second-order valence-corrected chi connectivity index (χ2v) is 4.43. The molecular weight excluding hydrogens is 234 g/mol. The monoisotopic (exact) mass is 251 g/mol. The number of para-hydroxylation sites is 1. The van der Waals surface area contributed by atoms with Crippen LogP contribution in [0.2, 0.25) is 0 Å². The zero-order chi connectivity index (χ0) is 13.9. The summed E-state index contributed by atoms with van der Waals surface area (Å²) in [5, 5.41) is 0. The van der Waals surface area contributed by atoms with E-state index in [2.05, 4.69) is 4.74 Å². The second-order valence-electron chi connectivity index (χ2n) is 4.43. The molecule has 0 aliphatic carbocycles. The van der Waals surface area contributed by atoms with E-state index in [1.165, 1.54) is 21.0 Å². The molecule has 0 atom stereocenters. The first-order valence-electron chi connectivity index (χ1n) is 5.46. The quantitative estimate of drug-likeness (QED) is 0.653. The van der Waals surface area contributed by atoms with Gasteiger partial charge in [0, 0.05) is 5.69 Å². The van der Waals surface area contributed by atoms with Gasteiger partial charge in [-0.15, -0.1) is 0 Å². The number of rotatable bonds is 3. The number of esters is 2. The Morgan fingerprint density at radius 3 is 2.44 bits per heavy atom. The van der Waals surface area contributed by atoms with Crippen molar-refractivity contribution in [3.63, 3.8) is 0 Å². The third-order valence-corrected chi connectivity index (χ3v) is 2.57. The maximum absolute atomic E-state index is 11.9. The van der Waals surface area contributed by atoms with Crippen LogP contribution >= 0.6 is 0 Å². The van der Waals surface area contributed by atoms with Crippen LogP contribution in [0.3, 0.4) is 0 Å². The number of hydrogen-bond donors (Lipinski definition) is 1. The highest BCUT2D eigenvalue weighted by molar-refractivity contribution is 5.97. The average molecular weight is 251 g/mol. The molecule has 0 aliphatic heterocycles. The van der Waals surface area contributed by atoms with Gasteiger partial charge in [-0.1, -0.05) is 12.1 Å². The highest BCUT2D eigenvalue weighted by Crippen LogP contribution is 2.21. The number of methoxy groups -OCH3 is 1. The minimum Gasteiger partial charge on any atom is -0.466 e. The number of aryl methyl sites for hydroxylation is 1. The Labute approximate surface area is 106 Å². The summed E-state index contributed by atoms with van der Waals surface area (Å²) < 4.78 is 9.68. The van der Waals surface area contributed by atoms with Gasteiger partial charge in [0.05, 0.1) is 12.7 Å². The van der Waals surface area contributed by atoms with E-state index in [0.717, 1.165) is 5.56 Å². The van der Waals surface area contributed by atoms with Gasteiger partial charge < -0.3 is 15.2 Å². The molecule has 0 saturated carbocycles. The van der Waals surface area contributed by atoms with Gasteiger partial charge in [-0.2, -0.15) is 0 Å². The lowest BCUT2D eigenvalue weighted by Crippen LogP contribution is -2.38. The molecule has 0 amide bonds. The molecule has 18 heavy (non-hydrogen) atoms. The van der Waals surface area contributed by atoms with Crippen molar-refractivity contribution >= 4 is 17.6 Å². The Balaban J connectivity index is 2.96. The number of benzene rings is 1. The minimum atomic E-state index is -1.35. The fourth-order valence-electron chi connectivity index (χ4n) is 1.43. The van der Waals surface area contributed by atoms with Gasteiger partial charge in [-0.05, 0) is 32.4 Å². The van der Waals surface area contributed by atoms with Crippen LogP contribution in [0.15, 0.2) is 18.2 Å². The van der Waals surface area contributed by atoms with Gasteiger partial charge in [-0.25, -0.2) is 9.59 Å². The molecule has 2 N–H and O–H groups in total. The molecule has 0 aliphatic rings. The second kappa shape index (κ2) is 5.08. The van der Waals surface area contributed by atoms with E-state index in [1.807, 2.05) is 0 Å². The summed E-state index contributed by atoms with van der Waals surface area (Å²) in [6, 6.07) is 5.04. The van der Waals surface area contributed by atoms with Crippen molar-refractivity contribution in [1.29, 1.82) is 0 Å². The first kappa shape index (κ1) is 14.0. The molecule has 1 aromatic carbocycles. The summed E-state index contributed by atoms with van der Waals surface area (Å²) in [5.41, 5.74) is 5.82. The number of nitrogen functional groups attached to an aromatic ring is 1. The molecule has 0 fully saturated rings. The Bertz CT molecular complexity index is 480. The molecule has 0 radical (unpaired) electrons. The molecule has 0 aromatic heterocycles. The number of hydrogen-bond acceptors (Lipinski definition) is 5. The van der Waals surface area contributed by atoms with E-state index < -0.39 is 17.5 Å². The lowest BCUT2D eigenvalue weighted by molar-refractivity contribution is -0.159. The molecule has 1 rings (SSSR count). The van der Waals surface area contributed by atoms with Crippen molar-refractivity contribution < 1.29 is 19.1 Å². The van der Waals surface area contributed by atoms with Crippen molar-refractivity contribution in [3.05, 3.63) is 29.3 Å². The van der Waals surface area contributed by atoms with Crippen LogP contribution in [-0.4, -0.2) is 24.6 Å². The van der Waals surface area contributed by atoms with E-state index in [0.29, 0.717) is 5.69 Å². The van der Waals surface area contributed by atoms with E-state index in [9.17, 15) is 9.59 Å². The number of anilines is 1. The van der Waals surface area contributed by atoms with Crippen molar-refractivity contribution in [1.82, 2.24) is 0 Å². The molecule has 0 bridgehead atoms. The molecule has 0 unspecified atom stereocenters. The molecule has 0 saturated heterocycles. The number of carbonyl (C=O) groups is 2. The van der Waals surface area contributed by atoms with Gasteiger partial charge in [-0.3, -0.25) is 0 Å². The molecule has 5 nitrogen and oxygen atoms in total. The van der Waals surface area contributed by atoms with Gasteiger partial charge in [0.2, 0.25) is 5.60 Å². The Hall–Kier alpha value is -2.04. The van der Waals surface area contributed by atoms with Crippen molar-refractivity contribution in [2.75, 3.05) is 12.8 Å². The summed E-state index contributed by atoms with van der Waals surface area (Å²) in [5.74, 6) is -1.27. The lowest BCUT2D eigenvalue weighted by atomic mass is 10.1. The summed E-state index contributed by atoms with van der Waals surface area (Å²) in [7, 11) is 1.24. The third-order valence-electron chi connectivity index (χ3n) is 2.57. The molecule has 1 aromatic rings. The highest BCUT2D eigenvalue weighted by atomic mass is 16.6. The van der Waals surface area contributed by atoms with Crippen molar-refractivity contribution in [3.8, 4) is 0 Å². The normalized spacial score (nSPS) is 10.9. The highest BCUT2D eigenvalue weighted by Gasteiger charge is 2.34. The number of nitrogens with two attached hydrogens (primary N) is 1. The molecule has 98 valence electrons. The molecule has 5 heteroatoms. The fraction of sp³-hybridized carbons (Fsp3) is 0.385. The van der Waals surface area contributed by atoms with Crippen LogP contribution in [0, 0.1) is 6.92 Å². The van der Waals surface area contributed by atoms with Crippen LogP contribution in [-0.2, 0) is 14.3 Å². The topological polar surface area (TPSA) is 78.6 Å². The van der Waals surface area contributed by atoms with E-state index in [4.69, 9.17) is 10.5 Å². The minimum absolute atomic E-state index is 0.243. The van der Waals surface area contributed by atoms with Crippen LogP contribution in [0.25, 0.3) is 0 Å². The predicted molar refractivity (Wildman–Crippen MR) is 67.1 cm³/mol. The molecular formula is C13H17NO4. The van der Waals surface area contributed by atoms with Gasteiger partial charge in [0.25, 0.3) is 0 Å². The van der Waals surface area contributed by atoms with Crippen LogP contribution < -0.4 is 5.73 Å². The van der Waals surface area contributed by atoms with Gasteiger partial charge in [0.15, 0.2) is 0 Å². The number of carbonyl (C=O) groups excluding carboxylic acids is 2. The first-order chi connectivity index (χ1) is 8.29. The summed E-state index contributed by atoms with van der Waals surface area (Å²) in [4.78, 5) is 23.4. The summed E-state index contributed by atoms with van der Waals surface area (Å²) >= 11 is 0. The lowest BCUT2D eigenvalue weighted by Gasteiger charge is -2.22. The van der Waals surface area contributed by atoms with Crippen LogP contribution in [0.4, 0.5) is 5.69 Å². The zero-order valence-electron chi connectivity index (χ0n) is 10.9. The standard InChI is InChI=1S/C13H17NO4/c1-8-6-5-7-9(10(8)14)11(15)18-13(2,3)12(16)17-4/h5-7H,14H2,1-4H3. The van der Waals surface area contributed by atoms with Gasteiger partial charge in [0.1, 0.15) is 0 Å². The molecule has 0 spiro atoms. The van der Waals surface area contributed by atoms with Crippen molar-refractivity contribution in [2.24, 2.45) is 0 Å². The zero-order valence-corrected chi connectivity index (χ0v) is 10.9. The fourth-order valence-corrected chi connectivity index (χ4v) is 1.43. The summed E-state index contributed by atoms with van der Waals surface area (Å²) in [6.45, 7) is 4.71. The maximum atomic E-state index is 11.9. The third kappa shape index (κ3) is 2.80. The SMILES string of the molecule is COC(=O)C(C)(C)OC(=O)c1cccc(C)c1N. The Morgan fingerprint density at radius 1 is 1.28 bits per heavy atom. The van der Waals surface area contributed by atoms with E-state index in [1.54, 1.807) is 25.1 Å².